The van der Waals surface area contributed by atoms with Crippen molar-refractivity contribution >= 4 is 28.9 Å². The summed E-state index contributed by atoms with van der Waals surface area (Å²) >= 11 is 3.35. The quantitative estimate of drug-likeness (QED) is 0.197. The number of thioether (sulfide) groups is 1. The molecular formula is C12H16N4O2S2. The van der Waals surface area contributed by atoms with Crippen LogP contribution in [0, 0.1) is 29.4 Å². The van der Waals surface area contributed by atoms with Crippen LogP contribution in [0.15, 0.2) is 10.4 Å². The Morgan fingerprint density at radius 3 is 3.15 bits per heavy atom. The summed E-state index contributed by atoms with van der Waals surface area (Å²) in [5.41, 5.74) is 1.04. The van der Waals surface area contributed by atoms with Gasteiger partial charge in [0.25, 0.3) is 6.54 Å². The maximum atomic E-state index is 10.5. The molecule has 20 heavy (non-hydrogen) atoms. The Morgan fingerprint density at radius 1 is 1.75 bits per heavy atom. The lowest BCUT2D eigenvalue weighted by atomic mass is 10.5. The number of nitrogens with one attached hydrogen (secondary N) is 1. The molecule has 0 saturated heterocycles. The second kappa shape index (κ2) is 9.34. The molecule has 0 aliphatic rings. The zero-order valence-electron chi connectivity index (χ0n) is 11.2. The van der Waals surface area contributed by atoms with Crippen LogP contribution in [-0.4, -0.2) is 41.1 Å². The standard InChI is InChI=1S/C12H16N4O2S2/c1-3-4-13-11(7-16(17)18)14-5-6-19-9-12-15-10(2)8-20-12/h1,8H,4-7,9H2,2H3,(H,13,14). The van der Waals surface area contributed by atoms with Crippen molar-refractivity contribution in [2.75, 3.05) is 25.4 Å². The van der Waals surface area contributed by atoms with Gasteiger partial charge in [-0.25, -0.2) is 4.98 Å². The highest BCUT2D eigenvalue weighted by Gasteiger charge is 2.05. The Bertz CT molecular complexity index is 508. The molecule has 1 heterocycles. The predicted octanol–water partition coefficient (Wildman–Crippen LogP) is 1.58. The minimum atomic E-state index is -0.423. The second-order valence-electron chi connectivity index (χ2n) is 3.81. The van der Waals surface area contributed by atoms with Gasteiger partial charge in [0.15, 0.2) is 5.84 Å². The minimum Gasteiger partial charge on any atom is -0.357 e. The molecule has 0 aliphatic carbocycles. The molecule has 1 aromatic rings. The maximum Gasteiger partial charge on any atom is 0.259 e. The van der Waals surface area contributed by atoms with Crippen LogP contribution in [0.2, 0.25) is 0 Å². The third kappa shape index (κ3) is 7.11. The van der Waals surface area contributed by atoms with Crippen molar-refractivity contribution in [3.8, 4) is 12.3 Å². The van der Waals surface area contributed by atoms with Crippen molar-refractivity contribution in [2.45, 2.75) is 12.7 Å². The van der Waals surface area contributed by atoms with Crippen molar-refractivity contribution in [3.05, 3.63) is 26.2 Å². The van der Waals surface area contributed by atoms with Crippen LogP contribution in [-0.2, 0) is 5.75 Å². The van der Waals surface area contributed by atoms with Gasteiger partial charge >= 0.3 is 0 Å². The Balaban J connectivity index is 2.28. The molecule has 1 rings (SSSR count). The molecule has 0 aromatic carbocycles. The summed E-state index contributed by atoms with van der Waals surface area (Å²) in [6.45, 7) is 2.42. The first-order valence-electron chi connectivity index (χ1n) is 5.93. The van der Waals surface area contributed by atoms with Gasteiger partial charge in [0.05, 0.1) is 13.1 Å². The summed E-state index contributed by atoms with van der Waals surface area (Å²) in [5.74, 6) is 4.34. The van der Waals surface area contributed by atoms with Crippen LogP contribution in [0.3, 0.4) is 0 Å². The average Bonchev–Trinajstić information content (AvgIpc) is 2.80. The summed E-state index contributed by atoms with van der Waals surface area (Å²) < 4.78 is 0. The number of nitrogens with zero attached hydrogens (tertiary/aromatic N) is 3. The normalized spacial score (nSPS) is 11.1. The van der Waals surface area contributed by atoms with Crippen LogP contribution in [0.4, 0.5) is 0 Å². The smallest absolute Gasteiger partial charge is 0.259 e. The van der Waals surface area contributed by atoms with Crippen LogP contribution in [0.25, 0.3) is 0 Å². The van der Waals surface area contributed by atoms with Crippen molar-refractivity contribution in [1.29, 1.82) is 0 Å². The molecular weight excluding hydrogens is 296 g/mol. The number of thiazole rings is 1. The van der Waals surface area contributed by atoms with Crippen molar-refractivity contribution < 1.29 is 4.92 Å². The summed E-state index contributed by atoms with van der Waals surface area (Å²) in [6, 6.07) is 0. The molecule has 0 aliphatic heterocycles. The maximum absolute atomic E-state index is 10.5. The molecule has 0 bridgehead atoms. The zero-order valence-corrected chi connectivity index (χ0v) is 12.8. The molecule has 0 spiro atoms. The highest BCUT2D eigenvalue weighted by Crippen LogP contribution is 2.16. The van der Waals surface area contributed by atoms with Crippen molar-refractivity contribution in [1.82, 2.24) is 10.3 Å². The van der Waals surface area contributed by atoms with E-state index in [4.69, 9.17) is 6.42 Å². The predicted molar refractivity (Wildman–Crippen MR) is 84.0 cm³/mol. The average molecular weight is 312 g/mol. The van der Waals surface area contributed by atoms with E-state index in [1.165, 1.54) is 0 Å². The number of hydrogen-bond donors (Lipinski definition) is 1. The number of nitro groups is 1. The molecule has 108 valence electrons. The van der Waals surface area contributed by atoms with Gasteiger partial charge in [-0.2, -0.15) is 11.8 Å². The Kier molecular flexibility index (Phi) is 7.69. The van der Waals surface area contributed by atoms with Gasteiger partial charge in [0.1, 0.15) is 5.01 Å². The fourth-order valence-corrected chi connectivity index (χ4v) is 2.99. The fraction of sp³-hybridized carbons (Fsp3) is 0.500. The van der Waals surface area contributed by atoms with Gasteiger partial charge in [0.2, 0.25) is 0 Å². The lowest BCUT2D eigenvalue weighted by Gasteiger charge is -2.03. The van der Waals surface area contributed by atoms with Gasteiger partial charge in [-0.3, -0.25) is 15.1 Å². The monoisotopic (exact) mass is 312 g/mol. The van der Waals surface area contributed by atoms with Crippen molar-refractivity contribution in [2.24, 2.45) is 4.99 Å². The molecule has 6 nitrogen and oxygen atoms in total. The zero-order chi connectivity index (χ0) is 14.8. The van der Waals surface area contributed by atoms with Crippen LogP contribution in [0.5, 0.6) is 0 Å². The van der Waals surface area contributed by atoms with E-state index in [-0.39, 0.29) is 13.1 Å². The third-order valence-electron chi connectivity index (χ3n) is 2.10. The van der Waals surface area contributed by atoms with E-state index in [1.54, 1.807) is 23.1 Å². The van der Waals surface area contributed by atoms with Gasteiger partial charge < -0.3 is 5.32 Å². The molecule has 0 atom stereocenters. The number of aromatic nitrogens is 1. The van der Waals surface area contributed by atoms with Crippen LogP contribution >= 0.6 is 23.1 Å². The first-order valence-corrected chi connectivity index (χ1v) is 7.96. The first-order chi connectivity index (χ1) is 9.61. The summed E-state index contributed by atoms with van der Waals surface area (Å²) in [4.78, 5) is 18.6. The first kappa shape index (κ1) is 16.5. The van der Waals surface area contributed by atoms with E-state index in [0.717, 1.165) is 22.2 Å². The summed E-state index contributed by atoms with van der Waals surface area (Å²) in [7, 11) is 0. The topological polar surface area (TPSA) is 80.4 Å². The van der Waals surface area contributed by atoms with Crippen molar-refractivity contribution in [3.63, 3.8) is 0 Å². The summed E-state index contributed by atoms with van der Waals surface area (Å²) in [6.07, 6.45) is 5.10. The SMILES string of the molecule is C#CCNC(C[N+](=O)[O-])=NCCSCc1nc(C)cs1. The van der Waals surface area contributed by atoms with Gasteiger partial charge in [-0.15, -0.1) is 17.8 Å². The van der Waals surface area contributed by atoms with E-state index in [9.17, 15) is 10.1 Å². The van der Waals surface area contributed by atoms with E-state index < -0.39 is 4.92 Å². The van der Waals surface area contributed by atoms with E-state index in [2.05, 4.69) is 21.2 Å². The lowest BCUT2D eigenvalue weighted by Crippen LogP contribution is -2.31. The van der Waals surface area contributed by atoms with Gasteiger partial charge in [-0.05, 0) is 6.92 Å². The van der Waals surface area contributed by atoms with E-state index in [0.29, 0.717) is 12.4 Å². The van der Waals surface area contributed by atoms with Crippen LogP contribution in [0.1, 0.15) is 10.7 Å². The highest BCUT2D eigenvalue weighted by atomic mass is 32.2. The molecule has 1 N–H and O–H groups in total. The Labute approximate surface area is 126 Å². The number of hydrogen-bond acceptors (Lipinski definition) is 6. The lowest BCUT2D eigenvalue weighted by molar-refractivity contribution is -0.463. The Hall–Kier alpha value is -1.59. The minimum absolute atomic E-state index is 0.248. The molecule has 0 amide bonds. The van der Waals surface area contributed by atoms with E-state index >= 15 is 0 Å². The number of aliphatic imine (C=N–C) groups is 1. The number of amidine groups is 1. The molecule has 0 unspecified atom stereocenters. The number of terminal acetylenes is 1. The second-order valence-corrected chi connectivity index (χ2v) is 5.86. The largest absolute Gasteiger partial charge is 0.357 e. The van der Waals surface area contributed by atoms with Crippen LogP contribution < -0.4 is 5.32 Å². The molecule has 0 fully saturated rings. The number of rotatable bonds is 8. The molecule has 0 radical (unpaired) electrons. The van der Waals surface area contributed by atoms with Gasteiger partial charge in [0, 0.05) is 27.5 Å². The van der Waals surface area contributed by atoms with Gasteiger partial charge in [-0.1, -0.05) is 5.92 Å². The number of aryl methyl sites for hydroxylation is 1. The fourth-order valence-electron chi connectivity index (χ4n) is 1.31. The van der Waals surface area contributed by atoms with E-state index in [1.807, 2.05) is 12.3 Å². The molecule has 0 saturated carbocycles. The Morgan fingerprint density at radius 2 is 2.55 bits per heavy atom. The highest BCUT2D eigenvalue weighted by molar-refractivity contribution is 7.98. The summed E-state index contributed by atoms with van der Waals surface area (Å²) in [5, 5.41) is 16.3. The molecule has 8 heteroatoms. The molecule has 1 aromatic heterocycles. The third-order valence-corrected chi connectivity index (χ3v) is 4.20.